The maximum atomic E-state index is 13.5. The van der Waals surface area contributed by atoms with Gasteiger partial charge >= 0.3 is 6.36 Å². The standard InChI is InChI=1S/C22H24F4N2O3.ClH/c23-19-3-1-2-4-20(19)30-16-15-27-11-13-28(14-12-27)21(29)10-7-17-5-8-18(9-6-17)31-22(24,25)26;/h1-6,8-9H,7,10-16H2;1H. The van der Waals surface area contributed by atoms with Gasteiger partial charge in [-0.3, -0.25) is 9.69 Å². The number of hydrogen-bond acceptors (Lipinski definition) is 4. The van der Waals surface area contributed by atoms with Gasteiger partial charge in [-0.05, 0) is 36.2 Å². The summed E-state index contributed by atoms with van der Waals surface area (Å²) in [6.45, 7) is 3.60. The molecule has 2 aromatic rings. The van der Waals surface area contributed by atoms with Crippen molar-refractivity contribution in [2.24, 2.45) is 0 Å². The average Bonchev–Trinajstić information content (AvgIpc) is 2.74. The van der Waals surface area contributed by atoms with Crippen LogP contribution in [-0.2, 0) is 11.2 Å². The van der Waals surface area contributed by atoms with Gasteiger partial charge in [0.1, 0.15) is 12.4 Å². The number of carbonyl (C=O) groups is 1. The van der Waals surface area contributed by atoms with Crippen LogP contribution in [0.15, 0.2) is 48.5 Å². The molecule has 1 saturated heterocycles. The highest BCUT2D eigenvalue weighted by Gasteiger charge is 2.31. The smallest absolute Gasteiger partial charge is 0.489 e. The predicted molar refractivity (Wildman–Crippen MR) is 114 cm³/mol. The third-order valence-electron chi connectivity index (χ3n) is 5.01. The Balaban J connectivity index is 0.00000363. The lowest BCUT2D eigenvalue weighted by atomic mass is 10.1. The Kier molecular flexibility index (Phi) is 9.59. The van der Waals surface area contributed by atoms with Gasteiger partial charge in [-0.15, -0.1) is 25.6 Å². The van der Waals surface area contributed by atoms with E-state index in [2.05, 4.69) is 9.64 Å². The van der Waals surface area contributed by atoms with Gasteiger partial charge in [0, 0.05) is 39.1 Å². The Hall–Kier alpha value is -2.52. The van der Waals surface area contributed by atoms with E-state index in [0.29, 0.717) is 45.8 Å². The van der Waals surface area contributed by atoms with Crippen molar-refractivity contribution in [2.75, 3.05) is 39.3 Å². The molecule has 0 atom stereocenters. The Morgan fingerprint density at radius 2 is 1.62 bits per heavy atom. The van der Waals surface area contributed by atoms with Gasteiger partial charge in [0.2, 0.25) is 5.91 Å². The van der Waals surface area contributed by atoms with Crippen molar-refractivity contribution in [3.05, 3.63) is 59.9 Å². The zero-order valence-corrected chi connectivity index (χ0v) is 18.1. The van der Waals surface area contributed by atoms with Crippen molar-refractivity contribution < 1.29 is 31.8 Å². The van der Waals surface area contributed by atoms with E-state index >= 15 is 0 Å². The molecule has 1 heterocycles. The minimum Gasteiger partial charge on any atom is -0.489 e. The molecular formula is C22H25ClF4N2O3. The van der Waals surface area contributed by atoms with Gasteiger partial charge in [0.15, 0.2) is 11.6 Å². The van der Waals surface area contributed by atoms with Crippen LogP contribution < -0.4 is 9.47 Å². The maximum absolute atomic E-state index is 13.5. The number of carbonyl (C=O) groups excluding carboxylic acids is 1. The number of nitrogens with zero attached hydrogens (tertiary/aromatic N) is 2. The summed E-state index contributed by atoms with van der Waals surface area (Å²) in [5.41, 5.74) is 0.770. The lowest BCUT2D eigenvalue weighted by molar-refractivity contribution is -0.274. The van der Waals surface area contributed by atoms with E-state index in [1.807, 2.05) is 0 Å². The molecule has 0 bridgehead atoms. The molecule has 5 nitrogen and oxygen atoms in total. The summed E-state index contributed by atoms with van der Waals surface area (Å²) in [6.07, 6.45) is -3.98. The summed E-state index contributed by atoms with van der Waals surface area (Å²) < 4.78 is 59.4. The Morgan fingerprint density at radius 3 is 2.25 bits per heavy atom. The van der Waals surface area contributed by atoms with E-state index in [4.69, 9.17) is 4.74 Å². The molecule has 0 aliphatic carbocycles. The fraction of sp³-hybridized carbons (Fsp3) is 0.409. The van der Waals surface area contributed by atoms with Crippen LogP contribution in [0.25, 0.3) is 0 Å². The van der Waals surface area contributed by atoms with Crippen LogP contribution in [0, 0.1) is 5.82 Å². The molecule has 3 rings (SSSR count). The van der Waals surface area contributed by atoms with Gasteiger partial charge in [-0.1, -0.05) is 24.3 Å². The monoisotopic (exact) mass is 476 g/mol. The lowest BCUT2D eigenvalue weighted by Crippen LogP contribution is -2.49. The zero-order chi connectivity index (χ0) is 22.3. The molecule has 0 aromatic heterocycles. The van der Waals surface area contributed by atoms with Gasteiger partial charge in [0.05, 0.1) is 0 Å². The van der Waals surface area contributed by atoms with Crippen molar-refractivity contribution in [3.8, 4) is 11.5 Å². The molecule has 1 fully saturated rings. The van der Waals surface area contributed by atoms with Crippen molar-refractivity contribution in [1.82, 2.24) is 9.80 Å². The molecule has 10 heteroatoms. The van der Waals surface area contributed by atoms with Crippen LogP contribution in [0.1, 0.15) is 12.0 Å². The second-order valence-corrected chi connectivity index (χ2v) is 7.19. The number of benzene rings is 2. The maximum Gasteiger partial charge on any atom is 0.573 e. The summed E-state index contributed by atoms with van der Waals surface area (Å²) in [7, 11) is 0. The van der Waals surface area contributed by atoms with Gasteiger partial charge in [-0.25, -0.2) is 4.39 Å². The van der Waals surface area contributed by atoms with Crippen LogP contribution >= 0.6 is 12.4 Å². The minimum absolute atomic E-state index is 0. The molecule has 0 unspecified atom stereocenters. The van der Waals surface area contributed by atoms with Crippen LogP contribution in [0.3, 0.4) is 0 Å². The third kappa shape index (κ3) is 8.20. The number of halogens is 5. The summed E-state index contributed by atoms with van der Waals surface area (Å²) in [5.74, 6) is -0.426. The van der Waals surface area contributed by atoms with E-state index in [-0.39, 0.29) is 42.1 Å². The number of piperazine rings is 1. The minimum atomic E-state index is -4.72. The number of para-hydroxylation sites is 1. The molecule has 0 spiro atoms. The number of hydrogen-bond donors (Lipinski definition) is 0. The lowest BCUT2D eigenvalue weighted by Gasteiger charge is -2.34. The molecule has 1 amide bonds. The van der Waals surface area contributed by atoms with Crippen LogP contribution in [0.5, 0.6) is 11.5 Å². The van der Waals surface area contributed by atoms with Gasteiger partial charge in [0.25, 0.3) is 0 Å². The average molecular weight is 477 g/mol. The predicted octanol–water partition coefficient (Wildman–Crippen LogP) is 4.30. The first-order valence-electron chi connectivity index (χ1n) is 10.0. The Bertz CT molecular complexity index is 857. The fourth-order valence-electron chi connectivity index (χ4n) is 3.33. The van der Waals surface area contributed by atoms with E-state index in [9.17, 15) is 22.4 Å². The van der Waals surface area contributed by atoms with Gasteiger partial charge in [-0.2, -0.15) is 0 Å². The number of amides is 1. The highest BCUT2D eigenvalue weighted by atomic mass is 35.5. The highest BCUT2D eigenvalue weighted by molar-refractivity contribution is 5.85. The molecule has 1 aliphatic rings. The Morgan fingerprint density at radius 1 is 0.969 bits per heavy atom. The third-order valence-corrected chi connectivity index (χ3v) is 5.01. The number of ether oxygens (including phenoxy) is 2. The Labute approximate surface area is 190 Å². The van der Waals surface area contributed by atoms with Crippen molar-refractivity contribution in [1.29, 1.82) is 0 Å². The molecule has 0 radical (unpaired) electrons. The van der Waals surface area contributed by atoms with E-state index in [1.54, 1.807) is 23.1 Å². The SMILES string of the molecule is Cl.O=C(CCc1ccc(OC(F)(F)F)cc1)N1CCN(CCOc2ccccc2F)CC1. The van der Waals surface area contributed by atoms with Crippen molar-refractivity contribution >= 4 is 18.3 Å². The van der Waals surface area contributed by atoms with Gasteiger partial charge < -0.3 is 14.4 Å². The molecule has 176 valence electrons. The fourth-order valence-corrected chi connectivity index (χ4v) is 3.33. The number of aryl methyl sites for hydroxylation is 1. The van der Waals surface area contributed by atoms with E-state index in [0.717, 1.165) is 5.56 Å². The second-order valence-electron chi connectivity index (χ2n) is 7.19. The quantitative estimate of drug-likeness (QED) is 0.533. The van der Waals surface area contributed by atoms with Crippen LogP contribution in [0.4, 0.5) is 17.6 Å². The first-order valence-corrected chi connectivity index (χ1v) is 10.0. The largest absolute Gasteiger partial charge is 0.573 e. The van der Waals surface area contributed by atoms with Crippen LogP contribution in [-0.4, -0.2) is 61.4 Å². The molecule has 0 saturated carbocycles. The summed E-state index contributed by atoms with van der Waals surface area (Å²) >= 11 is 0. The van der Waals surface area contributed by atoms with E-state index < -0.39 is 6.36 Å². The summed E-state index contributed by atoms with van der Waals surface area (Å²) in [4.78, 5) is 16.4. The molecule has 0 N–H and O–H groups in total. The van der Waals surface area contributed by atoms with Crippen molar-refractivity contribution in [2.45, 2.75) is 19.2 Å². The molecule has 2 aromatic carbocycles. The molecule has 32 heavy (non-hydrogen) atoms. The van der Waals surface area contributed by atoms with Crippen molar-refractivity contribution in [3.63, 3.8) is 0 Å². The first-order chi connectivity index (χ1) is 14.8. The first kappa shape index (κ1) is 25.7. The topological polar surface area (TPSA) is 42.0 Å². The van der Waals surface area contributed by atoms with Crippen LogP contribution in [0.2, 0.25) is 0 Å². The van der Waals surface area contributed by atoms with E-state index in [1.165, 1.54) is 30.3 Å². The summed E-state index contributed by atoms with van der Waals surface area (Å²) in [5, 5.41) is 0. The molecular weight excluding hydrogens is 452 g/mol. The molecule has 1 aliphatic heterocycles. The number of rotatable bonds is 8. The second kappa shape index (κ2) is 11.9. The normalized spacial score (nSPS) is 14.6. The zero-order valence-electron chi connectivity index (χ0n) is 17.3. The number of alkyl halides is 3. The summed E-state index contributed by atoms with van der Waals surface area (Å²) in [6, 6.07) is 11.8. The highest BCUT2D eigenvalue weighted by Crippen LogP contribution is 2.23.